The molecule has 0 aromatic carbocycles. The molecule has 0 aliphatic heterocycles. The minimum Gasteiger partial charge on any atom is -0.344 e. The molecule has 0 aromatic rings. The molecule has 0 fully saturated rings. The first-order valence-corrected chi connectivity index (χ1v) is 22.6. The van der Waals surface area contributed by atoms with Gasteiger partial charge in [-0.1, -0.05) is 225 Å². The molecule has 48 heavy (non-hydrogen) atoms. The number of rotatable bonds is 38. The SMILES string of the molecule is CCCCCCCCCCCCCCCCCCN(CC)CCCCCCCCCCCCCCCCCC.COS(=O)(=O)OCCl.N. The van der Waals surface area contributed by atoms with Crippen molar-refractivity contribution in [1.82, 2.24) is 11.1 Å². The fraction of sp³-hybridized carbons (Fsp3) is 1.00. The van der Waals surface area contributed by atoms with Crippen molar-refractivity contribution < 1.29 is 16.8 Å². The molecule has 0 unspecified atom stereocenters. The Labute approximate surface area is 307 Å². The summed E-state index contributed by atoms with van der Waals surface area (Å²) in [6.07, 6.45) is 46.9. The average Bonchev–Trinajstić information content (AvgIpc) is 3.07. The van der Waals surface area contributed by atoms with E-state index < -0.39 is 16.5 Å². The van der Waals surface area contributed by atoms with Crippen LogP contribution < -0.4 is 6.15 Å². The maximum Gasteiger partial charge on any atom is 0.400 e. The summed E-state index contributed by atoms with van der Waals surface area (Å²) in [7, 11) is -2.81. The lowest BCUT2D eigenvalue weighted by Crippen LogP contribution is -2.25. The van der Waals surface area contributed by atoms with Crippen LogP contribution in [0.25, 0.3) is 0 Å². The first kappa shape index (κ1) is 52.4. The Bertz CT molecular complexity index is 634. The Kier molecular flexibility index (Phi) is 49.3. The quantitative estimate of drug-likeness (QED) is 0.0503. The Morgan fingerprint density at radius 1 is 0.438 bits per heavy atom. The molecule has 0 aromatic heterocycles. The summed E-state index contributed by atoms with van der Waals surface area (Å²) in [6.45, 7) is 10.9. The second-order valence-electron chi connectivity index (χ2n) is 13.8. The highest BCUT2D eigenvalue weighted by molar-refractivity contribution is 7.81. The first-order valence-electron chi connectivity index (χ1n) is 20.7. The molecular weight excluding hydrogens is 640 g/mol. The van der Waals surface area contributed by atoms with E-state index in [9.17, 15) is 8.42 Å². The third-order valence-electron chi connectivity index (χ3n) is 9.50. The topological polar surface area (TPSA) is 90.8 Å². The van der Waals surface area contributed by atoms with Crippen LogP contribution in [0.15, 0.2) is 0 Å². The fourth-order valence-corrected chi connectivity index (χ4v) is 6.83. The van der Waals surface area contributed by atoms with Crippen LogP contribution in [0, 0.1) is 0 Å². The summed E-state index contributed by atoms with van der Waals surface area (Å²) < 4.78 is 27.9. The van der Waals surface area contributed by atoms with Crippen LogP contribution in [0.1, 0.15) is 226 Å². The summed E-state index contributed by atoms with van der Waals surface area (Å²) in [5, 5.41) is 0. The average molecular weight is 728 g/mol. The van der Waals surface area contributed by atoms with Gasteiger partial charge in [0, 0.05) is 0 Å². The molecule has 3 N–H and O–H groups in total. The van der Waals surface area contributed by atoms with E-state index in [1.807, 2.05) is 0 Å². The molecule has 0 heterocycles. The molecule has 0 rings (SSSR count). The summed E-state index contributed by atoms with van der Waals surface area (Å²) in [4.78, 5) is 2.72. The molecule has 0 aliphatic carbocycles. The van der Waals surface area contributed by atoms with Crippen molar-refractivity contribution >= 4 is 22.0 Å². The van der Waals surface area contributed by atoms with Gasteiger partial charge < -0.3 is 11.1 Å². The minimum absolute atomic E-state index is 0. The predicted molar refractivity (Wildman–Crippen MR) is 214 cm³/mol. The monoisotopic (exact) mass is 727 g/mol. The molecule has 0 spiro atoms. The van der Waals surface area contributed by atoms with E-state index >= 15 is 0 Å². The minimum atomic E-state index is -3.80. The number of hydrogen-bond donors (Lipinski definition) is 1. The lowest BCUT2D eigenvalue weighted by molar-refractivity contribution is 0.273. The van der Waals surface area contributed by atoms with Gasteiger partial charge in [-0.3, -0.25) is 4.18 Å². The van der Waals surface area contributed by atoms with Crippen molar-refractivity contribution in [2.75, 3.05) is 32.8 Å². The summed E-state index contributed by atoms with van der Waals surface area (Å²) in [5.74, 6) is 0. The number of halogens is 1. The van der Waals surface area contributed by atoms with Gasteiger partial charge in [0.05, 0.1) is 7.11 Å². The van der Waals surface area contributed by atoms with Crippen LogP contribution in [-0.2, 0) is 18.8 Å². The van der Waals surface area contributed by atoms with Gasteiger partial charge in [0.15, 0.2) is 0 Å². The van der Waals surface area contributed by atoms with E-state index in [0.717, 1.165) is 7.11 Å². The highest BCUT2D eigenvalue weighted by Crippen LogP contribution is 2.15. The lowest BCUT2D eigenvalue weighted by atomic mass is 10.0. The highest BCUT2D eigenvalue weighted by atomic mass is 35.5. The zero-order valence-corrected chi connectivity index (χ0v) is 34.6. The van der Waals surface area contributed by atoms with Crippen LogP contribution in [0.4, 0.5) is 0 Å². The Hall–Kier alpha value is 0.0800. The van der Waals surface area contributed by atoms with Crippen LogP contribution in [0.3, 0.4) is 0 Å². The number of nitrogens with zero attached hydrogens (tertiary/aromatic N) is 1. The Balaban J connectivity index is -0.00000198. The normalized spacial score (nSPS) is 11.5. The molecule has 0 saturated heterocycles. The van der Waals surface area contributed by atoms with E-state index in [2.05, 4.69) is 34.0 Å². The summed E-state index contributed by atoms with van der Waals surface area (Å²) in [6, 6.07) is -0.420. The van der Waals surface area contributed by atoms with Gasteiger partial charge in [-0.25, -0.2) is 4.18 Å². The molecule has 0 radical (unpaired) electrons. The molecule has 0 saturated carbocycles. The third kappa shape index (κ3) is 46.1. The Morgan fingerprint density at radius 3 is 0.833 bits per heavy atom. The molecule has 0 amide bonds. The predicted octanol–water partition coefficient (Wildman–Crippen LogP) is 14.1. The number of hydrogen-bond acceptors (Lipinski definition) is 6. The number of unbranched alkanes of at least 4 members (excludes halogenated alkanes) is 30. The second-order valence-corrected chi connectivity index (χ2v) is 15.4. The van der Waals surface area contributed by atoms with Crippen LogP contribution >= 0.6 is 11.6 Å². The molecule has 0 bridgehead atoms. The van der Waals surface area contributed by atoms with E-state index in [1.165, 1.54) is 225 Å². The fourth-order valence-electron chi connectivity index (χ4n) is 6.30. The van der Waals surface area contributed by atoms with Crippen molar-refractivity contribution in [1.29, 1.82) is 0 Å². The van der Waals surface area contributed by atoms with Crippen molar-refractivity contribution in [3.8, 4) is 0 Å². The second kappa shape index (κ2) is 45.1. The maximum atomic E-state index is 10.1. The lowest BCUT2D eigenvalue weighted by Gasteiger charge is -2.20. The molecule has 8 heteroatoms. The molecule has 0 aliphatic rings. The van der Waals surface area contributed by atoms with Crippen LogP contribution in [0.2, 0.25) is 0 Å². The van der Waals surface area contributed by atoms with Gasteiger partial charge in [0.2, 0.25) is 0 Å². The molecule has 6 nitrogen and oxygen atoms in total. The van der Waals surface area contributed by atoms with E-state index in [0.29, 0.717) is 0 Å². The standard InChI is InChI=1S/C38H79N.C2H5ClO4S.H3N/c1-4-7-9-11-13-15-17-19-21-23-25-27-29-31-33-35-37-39(6-3)38-36-34-32-30-28-26-24-22-20-18-16-14-12-10-8-5-2;1-6-8(4,5)7-2-3;/h4-38H2,1-3H3;2H2,1H3;1H3. The van der Waals surface area contributed by atoms with Crippen molar-refractivity contribution in [3.63, 3.8) is 0 Å². The largest absolute Gasteiger partial charge is 0.400 e. The van der Waals surface area contributed by atoms with Crippen LogP contribution in [0.5, 0.6) is 0 Å². The van der Waals surface area contributed by atoms with Crippen LogP contribution in [-0.4, -0.2) is 46.1 Å². The molecule has 294 valence electrons. The smallest absolute Gasteiger partial charge is 0.344 e. The third-order valence-corrected chi connectivity index (χ3v) is 10.5. The van der Waals surface area contributed by atoms with Gasteiger partial charge in [0.25, 0.3) is 0 Å². The van der Waals surface area contributed by atoms with Gasteiger partial charge in [0.1, 0.15) is 6.07 Å². The summed E-state index contributed by atoms with van der Waals surface area (Å²) in [5.41, 5.74) is 0. The van der Waals surface area contributed by atoms with E-state index in [1.54, 1.807) is 0 Å². The van der Waals surface area contributed by atoms with E-state index in [4.69, 9.17) is 11.6 Å². The first-order chi connectivity index (χ1) is 23.0. The summed E-state index contributed by atoms with van der Waals surface area (Å²) >= 11 is 4.88. The van der Waals surface area contributed by atoms with Crippen molar-refractivity contribution in [3.05, 3.63) is 0 Å². The van der Waals surface area contributed by atoms with Crippen molar-refractivity contribution in [2.24, 2.45) is 0 Å². The van der Waals surface area contributed by atoms with Gasteiger partial charge in [-0.15, -0.1) is 0 Å². The number of alkyl halides is 1. The van der Waals surface area contributed by atoms with Gasteiger partial charge >= 0.3 is 10.4 Å². The van der Waals surface area contributed by atoms with Crippen molar-refractivity contribution in [2.45, 2.75) is 226 Å². The zero-order chi connectivity index (χ0) is 34.9. The maximum absolute atomic E-state index is 10.1. The highest BCUT2D eigenvalue weighted by Gasteiger charge is 2.05. The zero-order valence-electron chi connectivity index (χ0n) is 33.0. The Morgan fingerprint density at radius 2 is 0.667 bits per heavy atom. The van der Waals surface area contributed by atoms with Gasteiger partial charge in [-0.05, 0) is 32.5 Å². The van der Waals surface area contributed by atoms with E-state index in [-0.39, 0.29) is 6.15 Å². The molecular formula is C40H87ClN2O4S. The molecule has 0 atom stereocenters. The van der Waals surface area contributed by atoms with Gasteiger partial charge in [-0.2, -0.15) is 8.42 Å².